The molecule has 5 nitrogen and oxygen atoms in total. The smallest absolute Gasteiger partial charge is 0.318 e. The molecule has 92 valence electrons. The Kier molecular flexibility index (Phi) is 4.73. The number of carbonyl (C=O) groups excluding carboxylic acids is 2. The summed E-state index contributed by atoms with van der Waals surface area (Å²) in [6.07, 6.45) is 3.54. The maximum absolute atomic E-state index is 11.2. The van der Waals surface area contributed by atoms with E-state index in [0.29, 0.717) is 17.9 Å². The van der Waals surface area contributed by atoms with Crippen LogP contribution in [0.3, 0.4) is 0 Å². The van der Waals surface area contributed by atoms with E-state index >= 15 is 0 Å². The summed E-state index contributed by atoms with van der Waals surface area (Å²) >= 11 is 0. The molecule has 1 fully saturated rings. The minimum Gasteiger partial charge on any atom is -0.351 e. The lowest BCUT2D eigenvalue weighted by atomic mass is 9.78. The Morgan fingerprint density at radius 3 is 2.62 bits per heavy atom. The monoisotopic (exact) mass is 227 g/mol. The van der Waals surface area contributed by atoms with Crippen LogP contribution in [0.2, 0.25) is 0 Å². The van der Waals surface area contributed by atoms with Gasteiger partial charge in [0, 0.05) is 6.04 Å². The molecule has 1 aliphatic rings. The summed E-state index contributed by atoms with van der Waals surface area (Å²) in [6.45, 7) is 4.60. The van der Waals surface area contributed by atoms with Gasteiger partial charge in [0.2, 0.25) is 5.91 Å². The van der Waals surface area contributed by atoms with Crippen molar-refractivity contribution in [2.45, 2.75) is 39.2 Å². The Bertz CT molecular complexity index is 268. The lowest BCUT2D eigenvalue weighted by Gasteiger charge is -2.34. The topological polar surface area (TPSA) is 84.2 Å². The number of primary amides is 1. The van der Waals surface area contributed by atoms with Crippen LogP contribution in [-0.2, 0) is 4.79 Å². The van der Waals surface area contributed by atoms with Crippen LogP contribution in [0.4, 0.5) is 4.79 Å². The number of amides is 3. The van der Waals surface area contributed by atoms with E-state index in [1.807, 2.05) is 5.32 Å². The molecule has 16 heavy (non-hydrogen) atoms. The van der Waals surface area contributed by atoms with Crippen LogP contribution in [0.5, 0.6) is 0 Å². The summed E-state index contributed by atoms with van der Waals surface area (Å²) < 4.78 is 0. The van der Waals surface area contributed by atoms with Crippen molar-refractivity contribution in [3.8, 4) is 0 Å². The molecule has 3 atom stereocenters. The van der Waals surface area contributed by atoms with E-state index in [0.717, 1.165) is 6.42 Å². The number of nitrogens with two attached hydrogens (primary N) is 1. The number of hydrogen-bond acceptors (Lipinski definition) is 3. The number of rotatable bonds is 3. The zero-order valence-corrected chi connectivity index (χ0v) is 9.95. The van der Waals surface area contributed by atoms with Gasteiger partial charge in [0.05, 0.1) is 6.54 Å². The van der Waals surface area contributed by atoms with Gasteiger partial charge < -0.3 is 11.1 Å². The number of urea groups is 1. The largest absolute Gasteiger partial charge is 0.351 e. The van der Waals surface area contributed by atoms with Gasteiger partial charge in [0.15, 0.2) is 0 Å². The summed E-state index contributed by atoms with van der Waals surface area (Å²) in [5, 5.41) is 5.23. The summed E-state index contributed by atoms with van der Waals surface area (Å²) in [7, 11) is 0. The second-order valence-electron chi connectivity index (χ2n) is 4.67. The first-order chi connectivity index (χ1) is 7.50. The van der Waals surface area contributed by atoms with Gasteiger partial charge in [-0.3, -0.25) is 10.1 Å². The van der Waals surface area contributed by atoms with Gasteiger partial charge in [-0.1, -0.05) is 26.7 Å². The molecule has 1 aliphatic carbocycles. The van der Waals surface area contributed by atoms with Crippen molar-refractivity contribution in [1.29, 1.82) is 0 Å². The van der Waals surface area contributed by atoms with Gasteiger partial charge in [-0.25, -0.2) is 4.79 Å². The van der Waals surface area contributed by atoms with Crippen LogP contribution in [0, 0.1) is 11.8 Å². The van der Waals surface area contributed by atoms with Gasteiger partial charge >= 0.3 is 6.03 Å². The van der Waals surface area contributed by atoms with Gasteiger partial charge in [-0.2, -0.15) is 0 Å². The fourth-order valence-corrected chi connectivity index (χ4v) is 2.28. The minimum atomic E-state index is -0.795. The lowest BCUT2D eigenvalue weighted by molar-refractivity contribution is -0.119. The Balaban J connectivity index is 2.31. The fourth-order valence-electron chi connectivity index (χ4n) is 2.28. The molecule has 5 heteroatoms. The van der Waals surface area contributed by atoms with Crippen molar-refractivity contribution >= 4 is 11.9 Å². The molecular formula is C11H21N3O2. The van der Waals surface area contributed by atoms with E-state index in [1.54, 1.807) is 0 Å². The van der Waals surface area contributed by atoms with Crippen molar-refractivity contribution < 1.29 is 9.59 Å². The molecule has 1 rings (SSSR count). The van der Waals surface area contributed by atoms with E-state index in [4.69, 9.17) is 5.73 Å². The summed E-state index contributed by atoms with van der Waals surface area (Å²) in [5.74, 6) is 0.888. The first-order valence-electron chi connectivity index (χ1n) is 5.83. The lowest BCUT2D eigenvalue weighted by Crippen LogP contribution is -2.47. The van der Waals surface area contributed by atoms with Crippen LogP contribution in [0.1, 0.15) is 33.1 Å². The normalized spacial score (nSPS) is 29.8. The molecule has 1 saturated carbocycles. The van der Waals surface area contributed by atoms with Crippen molar-refractivity contribution in [3.05, 3.63) is 0 Å². The minimum absolute atomic E-state index is 0.157. The Morgan fingerprint density at radius 1 is 1.31 bits per heavy atom. The second kappa shape index (κ2) is 5.84. The molecule has 0 aromatic heterocycles. The maximum Gasteiger partial charge on any atom is 0.318 e. The molecule has 0 spiro atoms. The van der Waals surface area contributed by atoms with Crippen LogP contribution in [0.25, 0.3) is 0 Å². The zero-order valence-electron chi connectivity index (χ0n) is 9.95. The van der Waals surface area contributed by atoms with Crippen LogP contribution < -0.4 is 16.4 Å². The average molecular weight is 227 g/mol. The SMILES string of the molecule is CC1CCCC(NCC(=O)NC(N)=O)C1C. The van der Waals surface area contributed by atoms with Crippen LogP contribution >= 0.6 is 0 Å². The predicted molar refractivity (Wildman–Crippen MR) is 61.7 cm³/mol. The highest BCUT2D eigenvalue weighted by Gasteiger charge is 2.26. The summed E-state index contributed by atoms with van der Waals surface area (Å²) in [6, 6.07) is -0.431. The fraction of sp³-hybridized carbons (Fsp3) is 0.818. The zero-order chi connectivity index (χ0) is 12.1. The van der Waals surface area contributed by atoms with E-state index in [9.17, 15) is 9.59 Å². The van der Waals surface area contributed by atoms with Crippen molar-refractivity contribution in [2.75, 3.05) is 6.54 Å². The van der Waals surface area contributed by atoms with Crippen molar-refractivity contribution in [1.82, 2.24) is 10.6 Å². The highest BCUT2D eigenvalue weighted by molar-refractivity contribution is 5.94. The van der Waals surface area contributed by atoms with Crippen molar-refractivity contribution in [2.24, 2.45) is 17.6 Å². The third-order valence-corrected chi connectivity index (χ3v) is 3.49. The number of hydrogen-bond donors (Lipinski definition) is 3. The molecule has 0 aromatic rings. The maximum atomic E-state index is 11.2. The highest BCUT2D eigenvalue weighted by atomic mass is 16.2. The molecule has 0 bridgehead atoms. The number of nitrogens with one attached hydrogen (secondary N) is 2. The molecule has 4 N–H and O–H groups in total. The van der Waals surface area contributed by atoms with Crippen LogP contribution in [0.15, 0.2) is 0 Å². The quantitative estimate of drug-likeness (QED) is 0.660. The molecule has 0 saturated heterocycles. The molecule has 3 unspecified atom stereocenters. The van der Waals surface area contributed by atoms with Crippen LogP contribution in [-0.4, -0.2) is 24.5 Å². The molecule has 0 radical (unpaired) electrons. The van der Waals surface area contributed by atoms with E-state index in [-0.39, 0.29) is 12.5 Å². The molecule has 0 aliphatic heterocycles. The Morgan fingerprint density at radius 2 is 2.00 bits per heavy atom. The van der Waals surface area contributed by atoms with Gasteiger partial charge in [0.25, 0.3) is 0 Å². The van der Waals surface area contributed by atoms with E-state index < -0.39 is 6.03 Å². The summed E-state index contributed by atoms with van der Waals surface area (Å²) in [4.78, 5) is 21.6. The van der Waals surface area contributed by atoms with Gasteiger partial charge in [0.1, 0.15) is 0 Å². The Labute approximate surface area is 96.1 Å². The average Bonchev–Trinajstić information content (AvgIpc) is 2.19. The highest BCUT2D eigenvalue weighted by Crippen LogP contribution is 2.29. The molecule has 0 aromatic carbocycles. The first kappa shape index (κ1) is 13.0. The van der Waals surface area contributed by atoms with E-state index in [2.05, 4.69) is 19.2 Å². The van der Waals surface area contributed by atoms with Crippen molar-refractivity contribution in [3.63, 3.8) is 0 Å². The van der Waals surface area contributed by atoms with Gasteiger partial charge in [-0.15, -0.1) is 0 Å². The third-order valence-electron chi connectivity index (χ3n) is 3.49. The first-order valence-corrected chi connectivity index (χ1v) is 5.83. The molecule has 3 amide bonds. The number of carbonyl (C=O) groups is 2. The Hall–Kier alpha value is -1.10. The summed E-state index contributed by atoms with van der Waals surface area (Å²) in [5.41, 5.74) is 4.85. The second-order valence-corrected chi connectivity index (χ2v) is 4.67. The molecule has 0 heterocycles. The molecular weight excluding hydrogens is 206 g/mol. The predicted octanol–water partition coefficient (Wildman–Crippen LogP) is 0.596. The number of imide groups is 1. The van der Waals surface area contributed by atoms with E-state index in [1.165, 1.54) is 12.8 Å². The van der Waals surface area contributed by atoms with Gasteiger partial charge in [-0.05, 0) is 18.3 Å². The third kappa shape index (κ3) is 3.81. The standard InChI is InChI=1S/C11H21N3O2/c1-7-4-3-5-9(8(7)2)13-6-10(15)14-11(12)16/h7-9,13H,3-6H2,1-2H3,(H3,12,14,15,16).